The topological polar surface area (TPSA) is 75.6 Å². The fraction of sp³-hybridized carbons (Fsp3) is 0.130. The molecule has 0 aromatic heterocycles. The molecule has 1 amide bonds. The number of hydrogen-bond acceptors (Lipinski definition) is 4. The maximum Gasteiger partial charge on any atom is 0.255 e. The molecule has 0 saturated carbocycles. The van der Waals surface area contributed by atoms with Gasteiger partial charge >= 0.3 is 0 Å². The molecule has 28 heavy (non-hydrogen) atoms. The maximum absolute atomic E-state index is 12.4. The van der Waals surface area contributed by atoms with Crippen molar-refractivity contribution in [3.63, 3.8) is 0 Å². The van der Waals surface area contributed by atoms with Crippen LogP contribution >= 0.6 is 0 Å². The van der Waals surface area contributed by atoms with Gasteiger partial charge in [0.25, 0.3) is 5.91 Å². The van der Waals surface area contributed by atoms with Crippen LogP contribution in [0.3, 0.4) is 0 Å². The summed E-state index contributed by atoms with van der Waals surface area (Å²) in [6.45, 7) is 3.83. The van der Waals surface area contributed by atoms with Gasteiger partial charge in [0.05, 0.1) is 11.3 Å². The first kappa shape index (κ1) is 19.2. The molecule has 0 bridgehead atoms. The summed E-state index contributed by atoms with van der Waals surface area (Å²) in [6, 6.07) is 19.5. The van der Waals surface area contributed by atoms with Gasteiger partial charge in [-0.1, -0.05) is 35.9 Å². The number of anilines is 1. The molecule has 0 aliphatic rings. The van der Waals surface area contributed by atoms with E-state index < -0.39 is 0 Å². The lowest BCUT2D eigenvalue weighted by atomic mass is 10.1. The van der Waals surface area contributed by atoms with Crippen molar-refractivity contribution in [2.45, 2.75) is 20.5 Å². The molecule has 0 atom stereocenters. The summed E-state index contributed by atoms with van der Waals surface area (Å²) >= 11 is 0. The Morgan fingerprint density at radius 2 is 1.64 bits per heavy atom. The highest BCUT2D eigenvalue weighted by atomic mass is 16.5. The fourth-order valence-electron chi connectivity index (χ4n) is 2.68. The van der Waals surface area contributed by atoms with E-state index in [-0.39, 0.29) is 28.7 Å². The zero-order chi connectivity index (χ0) is 20.1. The summed E-state index contributed by atoms with van der Waals surface area (Å²) in [5.74, 6) is -0.246. The number of Topliss-reactive ketones (excluding diaryl/α,β-unsaturated/α-hetero) is 1. The van der Waals surface area contributed by atoms with Crippen molar-refractivity contribution in [1.82, 2.24) is 0 Å². The number of hydrogen-bond donors (Lipinski definition) is 2. The molecule has 2 N–H and O–H groups in total. The summed E-state index contributed by atoms with van der Waals surface area (Å²) in [4.78, 5) is 23.9. The normalized spacial score (nSPS) is 10.4. The number of ether oxygens (including phenoxy) is 1. The first-order chi connectivity index (χ1) is 13.4. The number of nitrogens with one attached hydrogen (secondary N) is 1. The second kappa shape index (κ2) is 8.39. The monoisotopic (exact) mass is 375 g/mol. The Kier molecular flexibility index (Phi) is 5.75. The highest BCUT2D eigenvalue weighted by Crippen LogP contribution is 2.28. The summed E-state index contributed by atoms with van der Waals surface area (Å²) in [5, 5.41) is 12.8. The zero-order valence-electron chi connectivity index (χ0n) is 15.7. The lowest BCUT2D eigenvalue weighted by Crippen LogP contribution is -2.12. The van der Waals surface area contributed by atoms with Crippen LogP contribution in [0.5, 0.6) is 11.5 Å². The highest BCUT2D eigenvalue weighted by Gasteiger charge is 2.14. The molecule has 5 nitrogen and oxygen atoms in total. The number of amides is 1. The quantitative estimate of drug-likeness (QED) is 0.482. The Balaban J connectivity index is 1.64. The Labute approximate surface area is 163 Å². The minimum absolute atomic E-state index is 0.164. The Morgan fingerprint density at radius 3 is 2.29 bits per heavy atom. The van der Waals surface area contributed by atoms with Crippen LogP contribution in [0.15, 0.2) is 66.7 Å². The lowest BCUT2D eigenvalue weighted by molar-refractivity contribution is 0.100. The van der Waals surface area contributed by atoms with Crippen LogP contribution in [0.2, 0.25) is 0 Å². The van der Waals surface area contributed by atoms with Crippen molar-refractivity contribution in [2.24, 2.45) is 0 Å². The van der Waals surface area contributed by atoms with Crippen molar-refractivity contribution in [3.05, 3.63) is 89.0 Å². The number of rotatable bonds is 6. The van der Waals surface area contributed by atoms with E-state index in [4.69, 9.17) is 4.74 Å². The largest absolute Gasteiger partial charge is 0.505 e. The van der Waals surface area contributed by atoms with Gasteiger partial charge in [0.2, 0.25) is 0 Å². The third-order valence-corrected chi connectivity index (χ3v) is 4.31. The number of aryl methyl sites for hydroxylation is 1. The van der Waals surface area contributed by atoms with E-state index in [0.717, 1.165) is 5.56 Å². The first-order valence-corrected chi connectivity index (χ1v) is 8.86. The molecule has 3 aromatic carbocycles. The van der Waals surface area contributed by atoms with Crippen molar-refractivity contribution in [3.8, 4) is 11.5 Å². The van der Waals surface area contributed by atoms with Gasteiger partial charge in [-0.05, 0) is 55.8 Å². The smallest absolute Gasteiger partial charge is 0.255 e. The molecule has 0 saturated heterocycles. The van der Waals surface area contributed by atoms with Crippen LogP contribution in [0.1, 0.15) is 38.8 Å². The number of ketones is 1. The van der Waals surface area contributed by atoms with E-state index in [0.29, 0.717) is 17.9 Å². The second-order valence-electron chi connectivity index (χ2n) is 6.51. The molecular formula is C23H21NO4. The summed E-state index contributed by atoms with van der Waals surface area (Å²) in [7, 11) is 0. The van der Waals surface area contributed by atoms with Crippen molar-refractivity contribution < 1.29 is 19.4 Å². The third kappa shape index (κ3) is 4.57. The predicted octanol–water partition coefficient (Wildman–Crippen LogP) is 4.73. The van der Waals surface area contributed by atoms with E-state index in [1.165, 1.54) is 18.6 Å². The van der Waals surface area contributed by atoms with Crippen LogP contribution in [-0.4, -0.2) is 16.8 Å². The zero-order valence-corrected chi connectivity index (χ0v) is 15.7. The average molecular weight is 375 g/mol. The van der Waals surface area contributed by atoms with Gasteiger partial charge < -0.3 is 15.2 Å². The van der Waals surface area contributed by atoms with E-state index in [9.17, 15) is 14.7 Å². The summed E-state index contributed by atoms with van der Waals surface area (Å²) in [6.07, 6.45) is 0. The van der Waals surface area contributed by atoms with E-state index >= 15 is 0 Å². The molecule has 0 radical (unpaired) electrons. The molecule has 0 spiro atoms. The number of benzene rings is 3. The molecule has 0 fully saturated rings. The summed E-state index contributed by atoms with van der Waals surface area (Å²) < 4.78 is 5.74. The van der Waals surface area contributed by atoms with Crippen LogP contribution in [0.25, 0.3) is 0 Å². The molecule has 0 aliphatic carbocycles. The minimum atomic E-state index is -0.388. The van der Waals surface area contributed by atoms with Gasteiger partial charge in [0.1, 0.15) is 18.1 Å². The highest BCUT2D eigenvalue weighted by molar-refractivity contribution is 6.07. The molecule has 0 heterocycles. The maximum atomic E-state index is 12.4. The minimum Gasteiger partial charge on any atom is -0.505 e. The molecule has 3 aromatic rings. The number of para-hydroxylation sites is 1. The molecule has 0 aliphatic heterocycles. The van der Waals surface area contributed by atoms with Crippen LogP contribution in [0, 0.1) is 6.92 Å². The average Bonchev–Trinajstić information content (AvgIpc) is 2.69. The number of carbonyl (C=O) groups is 2. The Bertz CT molecular complexity index is 992. The fourth-order valence-corrected chi connectivity index (χ4v) is 2.68. The van der Waals surface area contributed by atoms with Gasteiger partial charge in [-0.2, -0.15) is 0 Å². The molecular weight excluding hydrogens is 354 g/mol. The Morgan fingerprint density at radius 1 is 0.964 bits per heavy atom. The standard InChI is InChI=1S/C23H21NO4/c1-15-6-8-17(9-7-15)14-28-19-12-10-18(11-13-19)23(27)24-21-5-3-4-20(16(2)25)22(21)26/h3-13,26H,14H2,1-2H3,(H,24,27). The first-order valence-electron chi connectivity index (χ1n) is 8.86. The molecule has 142 valence electrons. The van der Waals surface area contributed by atoms with Gasteiger partial charge in [-0.15, -0.1) is 0 Å². The van der Waals surface area contributed by atoms with Gasteiger partial charge in [-0.3, -0.25) is 9.59 Å². The SMILES string of the molecule is CC(=O)c1cccc(NC(=O)c2ccc(OCc3ccc(C)cc3)cc2)c1O. The number of carbonyl (C=O) groups excluding carboxylic acids is 2. The van der Waals surface area contributed by atoms with Crippen molar-refractivity contribution in [2.75, 3.05) is 5.32 Å². The van der Waals surface area contributed by atoms with E-state index in [1.807, 2.05) is 31.2 Å². The molecule has 3 rings (SSSR count). The number of aromatic hydroxyl groups is 1. The van der Waals surface area contributed by atoms with Crippen molar-refractivity contribution >= 4 is 17.4 Å². The second-order valence-corrected chi connectivity index (χ2v) is 6.51. The van der Waals surface area contributed by atoms with Crippen molar-refractivity contribution in [1.29, 1.82) is 0 Å². The van der Waals surface area contributed by atoms with E-state index in [1.54, 1.807) is 36.4 Å². The number of phenols is 1. The van der Waals surface area contributed by atoms with Crippen LogP contribution in [-0.2, 0) is 6.61 Å². The predicted molar refractivity (Wildman–Crippen MR) is 108 cm³/mol. The lowest BCUT2D eigenvalue weighted by Gasteiger charge is -2.10. The third-order valence-electron chi connectivity index (χ3n) is 4.31. The Hall–Kier alpha value is -3.60. The number of phenolic OH excluding ortho intramolecular Hbond substituents is 1. The van der Waals surface area contributed by atoms with Gasteiger partial charge in [0.15, 0.2) is 5.78 Å². The van der Waals surface area contributed by atoms with Crippen LogP contribution in [0.4, 0.5) is 5.69 Å². The molecule has 0 unspecified atom stereocenters. The van der Waals surface area contributed by atoms with E-state index in [2.05, 4.69) is 5.32 Å². The van der Waals surface area contributed by atoms with Crippen LogP contribution < -0.4 is 10.1 Å². The molecule has 5 heteroatoms. The summed E-state index contributed by atoms with van der Waals surface area (Å²) in [5.41, 5.74) is 3.03. The van der Waals surface area contributed by atoms with Gasteiger partial charge in [-0.25, -0.2) is 0 Å². The van der Waals surface area contributed by atoms with Gasteiger partial charge in [0, 0.05) is 5.56 Å².